The van der Waals surface area contributed by atoms with Crippen LogP contribution in [0.3, 0.4) is 0 Å². The Hall–Kier alpha value is -2.00. The van der Waals surface area contributed by atoms with Crippen LogP contribution in [-0.2, 0) is 9.84 Å². The number of nitro groups is 1. The van der Waals surface area contributed by atoms with E-state index < -0.39 is 31.9 Å². The van der Waals surface area contributed by atoms with Crippen LogP contribution in [0, 0.1) is 16.0 Å². The molecule has 0 aliphatic carbocycles. The van der Waals surface area contributed by atoms with Gasteiger partial charge in [-0.15, -0.1) is 0 Å². The molecule has 1 amide bonds. The van der Waals surface area contributed by atoms with Gasteiger partial charge >= 0.3 is 0 Å². The summed E-state index contributed by atoms with van der Waals surface area (Å²) in [6, 6.07) is 3.09. The number of nitrogens with one attached hydrogen (secondary N) is 1. The Bertz CT molecular complexity index is 730. The van der Waals surface area contributed by atoms with Gasteiger partial charge in [0.25, 0.3) is 11.6 Å². The molecule has 1 unspecified atom stereocenters. The molecule has 1 aromatic carbocycles. The Morgan fingerprint density at radius 3 is 2.35 bits per heavy atom. The molecule has 0 aromatic heterocycles. The Morgan fingerprint density at radius 1 is 1.39 bits per heavy atom. The Labute approximate surface area is 135 Å². The van der Waals surface area contributed by atoms with Crippen LogP contribution in [0.4, 0.5) is 5.69 Å². The third-order valence-electron chi connectivity index (χ3n) is 3.89. The molecule has 9 heteroatoms. The van der Waals surface area contributed by atoms with Gasteiger partial charge in [0.05, 0.1) is 15.4 Å². The minimum absolute atomic E-state index is 0.0181. The van der Waals surface area contributed by atoms with E-state index in [4.69, 9.17) is 5.73 Å². The van der Waals surface area contributed by atoms with Crippen molar-refractivity contribution < 1.29 is 18.1 Å². The number of hydrogen-bond donors (Lipinski definition) is 2. The number of hydrogen-bond acceptors (Lipinski definition) is 6. The summed E-state index contributed by atoms with van der Waals surface area (Å²) in [7, 11) is -3.69. The number of non-ortho nitro benzene ring substituents is 1. The van der Waals surface area contributed by atoms with Crippen molar-refractivity contribution in [1.82, 2.24) is 5.32 Å². The zero-order chi connectivity index (χ0) is 18.0. The number of rotatable bonds is 6. The van der Waals surface area contributed by atoms with Crippen LogP contribution in [0.25, 0.3) is 0 Å². The fourth-order valence-electron chi connectivity index (χ4n) is 1.80. The molecule has 0 aliphatic rings. The van der Waals surface area contributed by atoms with Crippen LogP contribution >= 0.6 is 0 Å². The van der Waals surface area contributed by atoms with E-state index in [1.165, 1.54) is 0 Å². The van der Waals surface area contributed by atoms with Gasteiger partial charge in [0.2, 0.25) is 0 Å². The van der Waals surface area contributed by atoms with Crippen molar-refractivity contribution in [2.75, 3.05) is 12.8 Å². The fourth-order valence-corrected chi connectivity index (χ4v) is 2.47. The molecule has 8 nitrogen and oxygen atoms in total. The lowest BCUT2D eigenvalue weighted by Crippen LogP contribution is -2.55. The lowest BCUT2D eigenvalue weighted by atomic mass is 9.88. The number of carbonyl (C=O) groups excluding carboxylic acids is 1. The molecule has 1 rings (SSSR count). The summed E-state index contributed by atoms with van der Waals surface area (Å²) in [5.41, 5.74) is 4.42. The molecule has 0 saturated heterocycles. The lowest BCUT2D eigenvalue weighted by molar-refractivity contribution is -0.385. The maximum Gasteiger partial charge on any atom is 0.271 e. The first-order valence-corrected chi connectivity index (χ1v) is 8.82. The minimum atomic E-state index is -3.69. The van der Waals surface area contributed by atoms with Gasteiger partial charge < -0.3 is 11.1 Å². The van der Waals surface area contributed by atoms with Gasteiger partial charge in [-0.2, -0.15) is 0 Å². The molecule has 0 heterocycles. The molecule has 1 aromatic rings. The molecule has 0 fully saturated rings. The number of nitro benzene ring substituents is 1. The molecule has 23 heavy (non-hydrogen) atoms. The third kappa shape index (κ3) is 4.49. The summed E-state index contributed by atoms with van der Waals surface area (Å²) in [5, 5.41) is 13.7. The molecule has 0 radical (unpaired) electrons. The maximum atomic E-state index is 12.4. The third-order valence-corrected chi connectivity index (χ3v) is 4.98. The second-order valence-electron chi connectivity index (χ2n) is 5.98. The zero-order valence-electron chi connectivity index (χ0n) is 13.5. The van der Waals surface area contributed by atoms with Crippen LogP contribution in [0.1, 0.15) is 31.1 Å². The minimum Gasteiger partial charge on any atom is -0.345 e. The van der Waals surface area contributed by atoms with E-state index in [-0.39, 0.29) is 22.9 Å². The molecule has 3 N–H and O–H groups in total. The van der Waals surface area contributed by atoms with Gasteiger partial charge in [0.1, 0.15) is 0 Å². The topological polar surface area (TPSA) is 132 Å². The Morgan fingerprint density at radius 2 is 1.96 bits per heavy atom. The summed E-state index contributed by atoms with van der Waals surface area (Å²) < 4.78 is 23.3. The van der Waals surface area contributed by atoms with Gasteiger partial charge in [-0.1, -0.05) is 13.8 Å². The van der Waals surface area contributed by atoms with E-state index in [0.717, 1.165) is 24.5 Å². The Balaban J connectivity index is 3.34. The highest BCUT2D eigenvalue weighted by atomic mass is 32.2. The van der Waals surface area contributed by atoms with Gasteiger partial charge in [0.15, 0.2) is 9.84 Å². The number of benzene rings is 1. The molecule has 0 aliphatic heterocycles. The van der Waals surface area contributed by atoms with Crippen LogP contribution < -0.4 is 11.1 Å². The predicted molar refractivity (Wildman–Crippen MR) is 86.0 cm³/mol. The van der Waals surface area contributed by atoms with Gasteiger partial charge in [0, 0.05) is 30.5 Å². The molecule has 0 bridgehead atoms. The first kappa shape index (κ1) is 19.0. The van der Waals surface area contributed by atoms with Crippen molar-refractivity contribution >= 4 is 21.4 Å². The van der Waals surface area contributed by atoms with Crippen molar-refractivity contribution in [3.05, 3.63) is 33.9 Å². The van der Waals surface area contributed by atoms with E-state index in [1.54, 1.807) is 6.92 Å². The van der Waals surface area contributed by atoms with Crippen molar-refractivity contribution in [2.24, 2.45) is 11.7 Å². The molecule has 0 spiro atoms. The largest absolute Gasteiger partial charge is 0.345 e. The van der Waals surface area contributed by atoms with E-state index in [0.29, 0.717) is 0 Å². The summed E-state index contributed by atoms with van der Waals surface area (Å²) in [6.07, 6.45) is 0.922. The van der Waals surface area contributed by atoms with Crippen molar-refractivity contribution in [3.8, 4) is 0 Å². The van der Waals surface area contributed by atoms with Crippen LogP contribution in [0.5, 0.6) is 0 Å². The second kappa shape index (κ2) is 6.63. The first-order valence-electron chi connectivity index (χ1n) is 6.93. The molecule has 0 saturated carbocycles. The molecule has 128 valence electrons. The van der Waals surface area contributed by atoms with Gasteiger partial charge in [-0.3, -0.25) is 14.9 Å². The number of sulfone groups is 1. The van der Waals surface area contributed by atoms with Gasteiger partial charge in [-0.25, -0.2) is 8.42 Å². The fraction of sp³-hybridized carbons (Fsp3) is 0.500. The number of carbonyl (C=O) groups is 1. The monoisotopic (exact) mass is 343 g/mol. The highest BCUT2D eigenvalue weighted by Gasteiger charge is 2.30. The normalized spacial score (nSPS) is 14.3. The van der Waals surface area contributed by atoms with Crippen LogP contribution in [0.2, 0.25) is 0 Å². The van der Waals surface area contributed by atoms with Gasteiger partial charge in [-0.05, 0) is 18.9 Å². The van der Waals surface area contributed by atoms with Crippen LogP contribution in [-0.4, -0.2) is 37.6 Å². The lowest BCUT2D eigenvalue weighted by Gasteiger charge is -2.33. The van der Waals surface area contributed by atoms with E-state index in [2.05, 4.69) is 5.32 Å². The summed E-state index contributed by atoms with van der Waals surface area (Å²) in [5.74, 6) is -0.593. The molecular formula is C14H21N3O5S. The highest BCUT2D eigenvalue weighted by molar-refractivity contribution is 7.90. The number of amides is 1. The highest BCUT2D eigenvalue weighted by Crippen LogP contribution is 2.22. The number of nitrogens with two attached hydrogens (primary N) is 1. The smallest absolute Gasteiger partial charge is 0.271 e. The summed E-state index contributed by atoms with van der Waals surface area (Å²) >= 11 is 0. The quantitative estimate of drug-likeness (QED) is 0.587. The summed E-state index contributed by atoms with van der Waals surface area (Å²) in [6.45, 7) is 5.68. The van der Waals surface area contributed by atoms with E-state index in [1.807, 2.05) is 13.8 Å². The first-order chi connectivity index (χ1) is 10.4. The van der Waals surface area contributed by atoms with Crippen molar-refractivity contribution in [3.63, 3.8) is 0 Å². The van der Waals surface area contributed by atoms with Crippen LogP contribution in [0.15, 0.2) is 23.1 Å². The summed E-state index contributed by atoms with van der Waals surface area (Å²) in [4.78, 5) is 22.3. The van der Waals surface area contributed by atoms with E-state index >= 15 is 0 Å². The SMILES string of the molecule is CC(C)C(C)(CN)NC(=O)c1cc([N+](=O)[O-])cc(S(C)(=O)=O)c1. The Kier molecular flexibility index (Phi) is 5.49. The van der Waals surface area contributed by atoms with Crippen molar-refractivity contribution in [2.45, 2.75) is 31.2 Å². The maximum absolute atomic E-state index is 12.4. The molecular weight excluding hydrogens is 322 g/mol. The molecule has 1 atom stereocenters. The average molecular weight is 343 g/mol. The van der Waals surface area contributed by atoms with E-state index in [9.17, 15) is 23.3 Å². The zero-order valence-corrected chi connectivity index (χ0v) is 14.3. The predicted octanol–water partition coefficient (Wildman–Crippen LogP) is 1.10. The standard InChI is InChI=1S/C14H21N3O5S/c1-9(2)14(3,8-15)16-13(18)10-5-11(17(19)20)7-12(6-10)23(4,21)22/h5-7,9H,8,15H2,1-4H3,(H,16,18). The number of nitrogens with zero attached hydrogens (tertiary/aromatic N) is 1. The van der Waals surface area contributed by atoms with Crippen molar-refractivity contribution in [1.29, 1.82) is 0 Å². The average Bonchev–Trinajstić information content (AvgIpc) is 2.45. The second-order valence-corrected chi connectivity index (χ2v) is 7.99.